The number of aromatic nitrogens is 3. The standard InChI is InChI=1S/C27H19ClF6N6OS/c1-16-14-42-25(40(16)23-21(26(29,30)31)3-2-4-22(23)28)37-36-13-17-5-7-18(8-6-17)24-35-15-39(38-24)19-9-11-20(12-10-19)41-27(32,33)34/h2-13,15-16H,14H2,1H3. The number of benzene rings is 3. The zero-order valence-corrected chi connectivity index (χ0v) is 23.0. The summed E-state index contributed by atoms with van der Waals surface area (Å²) in [7, 11) is 0. The van der Waals surface area contributed by atoms with Crippen LogP contribution in [0.15, 0.2) is 83.3 Å². The molecule has 1 fully saturated rings. The first-order valence-electron chi connectivity index (χ1n) is 12.2. The second-order valence-corrected chi connectivity index (χ2v) is 10.4. The van der Waals surface area contributed by atoms with E-state index in [0.717, 1.165) is 6.07 Å². The van der Waals surface area contributed by atoms with E-state index < -0.39 is 18.1 Å². The minimum atomic E-state index is -4.78. The summed E-state index contributed by atoms with van der Waals surface area (Å²) in [5.74, 6) is 0.538. The van der Waals surface area contributed by atoms with Gasteiger partial charge in [0.05, 0.1) is 28.2 Å². The number of hydrogen-bond acceptors (Lipinski definition) is 6. The highest BCUT2D eigenvalue weighted by Crippen LogP contribution is 2.44. The Balaban J connectivity index is 1.30. The number of nitrogens with zero attached hydrogens (tertiary/aromatic N) is 6. The normalized spacial score (nSPS) is 17.0. The summed E-state index contributed by atoms with van der Waals surface area (Å²) in [4.78, 5) is 5.70. The van der Waals surface area contributed by atoms with Crippen LogP contribution in [-0.2, 0) is 6.18 Å². The van der Waals surface area contributed by atoms with Crippen molar-refractivity contribution in [2.24, 2.45) is 10.2 Å². The van der Waals surface area contributed by atoms with E-state index in [-0.39, 0.29) is 22.5 Å². The Bertz CT molecular complexity index is 1620. The van der Waals surface area contributed by atoms with E-state index in [2.05, 4.69) is 25.0 Å². The van der Waals surface area contributed by atoms with Crippen LogP contribution in [0.5, 0.6) is 5.75 Å². The van der Waals surface area contributed by atoms with Crippen molar-refractivity contribution in [2.45, 2.75) is 25.5 Å². The molecule has 0 saturated carbocycles. The van der Waals surface area contributed by atoms with Gasteiger partial charge in [0.25, 0.3) is 0 Å². The fraction of sp³-hybridized carbons (Fsp3) is 0.185. The van der Waals surface area contributed by atoms with Crippen LogP contribution in [0.4, 0.5) is 32.0 Å². The lowest BCUT2D eigenvalue weighted by atomic mass is 10.1. The third kappa shape index (κ3) is 6.71. The van der Waals surface area contributed by atoms with Gasteiger partial charge in [-0.3, -0.25) is 0 Å². The summed E-state index contributed by atoms with van der Waals surface area (Å²) >= 11 is 7.49. The third-order valence-electron chi connectivity index (χ3n) is 5.98. The van der Waals surface area contributed by atoms with Crippen LogP contribution in [-0.4, -0.2) is 44.3 Å². The molecule has 3 aromatic carbocycles. The molecule has 1 aliphatic rings. The second kappa shape index (κ2) is 11.7. The summed E-state index contributed by atoms with van der Waals surface area (Å²) in [6.45, 7) is 1.79. The van der Waals surface area contributed by atoms with Gasteiger partial charge in [0.1, 0.15) is 12.1 Å². The Morgan fingerprint density at radius 1 is 1.00 bits per heavy atom. The predicted octanol–water partition coefficient (Wildman–Crippen LogP) is 7.84. The van der Waals surface area contributed by atoms with Crippen LogP contribution in [0.25, 0.3) is 17.1 Å². The minimum absolute atomic E-state index is 0.0324. The summed E-state index contributed by atoms with van der Waals surface area (Å²) in [6, 6.07) is 15.5. The molecule has 218 valence electrons. The van der Waals surface area contributed by atoms with Crippen molar-refractivity contribution in [3.05, 3.63) is 89.2 Å². The van der Waals surface area contributed by atoms with Gasteiger partial charge in [0.2, 0.25) is 0 Å². The molecule has 0 radical (unpaired) electrons. The molecule has 1 saturated heterocycles. The summed E-state index contributed by atoms with van der Waals surface area (Å²) in [6.07, 6.45) is -6.48. The molecule has 4 aromatic rings. The minimum Gasteiger partial charge on any atom is -0.406 e. The van der Waals surface area contributed by atoms with Crippen molar-refractivity contribution >= 4 is 40.4 Å². The molecule has 1 atom stereocenters. The number of alkyl halides is 6. The first-order chi connectivity index (χ1) is 19.9. The van der Waals surface area contributed by atoms with Crippen molar-refractivity contribution in [3.8, 4) is 22.8 Å². The summed E-state index contributed by atoms with van der Waals surface area (Å²) in [5, 5.41) is 12.9. The maximum Gasteiger partial charge on any atom is 0.573 e. The van der Waals surface area contributed by atoms with Gasteiger partial charge in [-0.05, 0) is 48.9 Å². The molecular weight excluding hydrogens is 606 g/mol. The Morgan fingerprint density at radius 2 is 1.71 bits per heavy atom. The van der Waals surface area contributed by atoms with Gasteiger partial charge in [-0.25, -0.2) is 9.67 Å². The zero-order valence-electron chi connectivity index (χ0n) is 21.4. The third-order valence-corrected chi connectivity index (χ3v) is 7.47. The van der Waals surface area contributed by atoms with Crippen LogP contribution >= 0.6 is 23.4 Å². The van der Waals surface area contributed by atoms with Crippen LogP contribution in [0.1, 0.15) is 18.1 Å². The number of thioether (sulfide) groups is 1. The number of amidine groups is 1. The molecule has 0 aliphatic carbocycles. The Hall–Kier alpha value is -4.04. The second-order valence-electron chi connectivity index (χ2n) is 8.97. The highest BCUT2D eigenvalue weighted by Gasteiger charge is 2.40. The number of ether oxygens (including phenoxy) is 1. The highest BCUT2D eigenvalue weighted by molar-refractivity contribution is 8.14. The van der Waals surface area contributed by atoms with Gasteiger partial charge in [0.15, 0.2) is 11.0 Å². The van der Waals surface area contributed by atoms with Gasteiger partial charge in [-0.15, -0.1) is 23.4 Å². The highest BCUT2D eigenvalue weighted by atomic mass is 35.5. The fourth-order valence-electron chi connectivity index (χ4n) is 4.09. The maximum atomic E-state index is 13.7. The largest absolute Gasteiger partial charge is 0.573 e. The number of hydrogen-bond donors (Lipinski definition) is 0. The van der Waals surface area contributed by atoms with Crippen molar-refractivity contribution in [2.75, 3.05) is 10.7 Å². The molecular formula is C27H19ClF6N6OS. The molecule has 0 bridgehead atoms. The Kier molecular flexibility index (Phi) is 8.19. The van der Waals surface area contributed by atoms with E-state index in [1.165, 1.54) is 70.3 Å². The molecule has 15 heteroatoms. The van der Waals surface area contributed by atoms with E-state index >= 15 is 0 Å². The van der Waals surface area contributed by atoms with Gasteiger partial charge >= 0.3 is 12.5 Å². The quantitative estimate of drug-likeness (QED) is 0.124. The van der Waals surface area contributed by atoms with Gasteiger partial charge < -0.3 is 9.64 Å². The molecule has 1 aliphatic heterocycles. The van der Waals surface area contributed by atoms with E-state index in [4.69, 9.17) is 11.6 Å². The molecule has 0 amide bonds. The van der Waals surface area contributed by atoms with Crippen molar-refractivity contribution in [3.63, 3.8) is 0 Å². The zero-order chi connectivity index (χ0) is 30.1. The lowest BCUT2D eigenvalue weighted by Gasteiger charge is -2.27. The first kappa shape index (κ1) is 29.5. The Labute approximate surface area is 244 Å². The molecule has 5 rings (SSSR count). The molecule has 1 aromatic heterocycles. The lowest BCUT2D eigenvalue weighted by molar-refractivity contribution is -0.274. The maximum absolute atomic E-state index is 13.7. The summed E-state index contributed by atoms with van der Waals surface area (Å²) in [5.41, 5.74) is 0.816. The predicted molar refractivity (Wildman–Crippen MR) is 149 cm³/mol. The molecule has 2 heterocycles. The van der Waals surface area contributed by atoms with Crippen LogP contribution in [0.2, 0.25) is 5.02 Å². The Morgan fingerprint density at radius 3 is 2.38 bits per heavy atom. The average molecular weight is 625 g/mol. The number of rotatable bonds is 6. The van der Waals surface area contributed by atoms with Gasteiger partial charge in [-0.1, -0.05) is 53.7 Å². The van der Waals surface area contributed by atoms with E-state index in [1.807, 2.05) is 0 Å². The fourth-order valence-corrected chi connectivity index (χ4v) is 5.41. The molecule has 1 unspecified atom stereocenters. The van der Waals surface area contributed by atoms with Crippen molar-refractivity contribution < 1.29 is 31.1 Å². The SMILES string of the molecule is CC1CSC(=NN=Cc2ccc(-c3ncn(-c4ccc(OC(F)(F)F)cc4)n3)cc2)N1c1c(Cl)cccc1C(F)(F)F. The van der Waals surface area contributed by atoms with Gasteiger partial charge in [0, 0.05) is 17.4 Å². The van der Waals surface area contributed by atoms with E-state index in [9.17, 15) is 26.3 Å². The number of anilines is 1. The molecule has 0 N–H and O–H groups in total. The van der Waals surface area contributed by atoms with Gasteiger partial charge in [-0.2, -0.15) is 18.3 Å². The van der Waals surface area contributed by atoms with Crippen LogP contribution < -0.4 is 9.64 Å². The topological polar surface area (TPSA) is 67.9 Å². The monoisotopic (exact) mass is 624 g/mol. The van der Waals surface area contributed by atoms with Crippen molar-refractivity contribution in [1.29, 1.82) is 0 Å². The summed E-state index contributed by atoms with van der Waals surface area (Å²) < 4.78 is 83.5. The van der Waals surface area contributed by atoms with Crippen LogP contribution in [0, 0.1) is 0 Å². The lowest BCUT2D eigenvalue weighted by Crippen LogP contribution is -2.33. The molecule has 7 nitrogen and oxygen atoms in total. The van der Waals surface area contributed by atoms with E-state index in [0.29, 0.717) is 33.6 Å². The molecule has 42 heavy (non-hydrogen) atoms. The average Bonchev–Trinajstić information content (AvgIpc) is 3.55. The van der Waals surface area contributed by atoms with Crippen molar-refractivity contribution in [1.82, 2.24) is 14.8 Å². The first-order valence-corrected chi connectivity index (χ1v) is 13.5. The number of halogens is 7. The van der Waals surface area contributed by atoms with Crippen LogP contribution in [0.3, 0.4) is 0 Å². The number of para-hydroxylation sites is 1. The smallest absolute Gasteiger partial charge is 0.406 e. The van der Waals surface area contributed by atoms with E-state index in [1.54, 1.807) is 31.2 Å². The molecule has 0 spiro atoms.